The van der Waals surface area contributed by atoms with Gasteiger partial charge in [0.05, 0.1) is 11.9 Å². The summed E-state index contributed by atoms with van der Waals surface area (Å²) in [5, 5.41) is 17.6. The summed E-state index contributed by atoms with van der Waals surface area (Å²) in [7, 11) is 4.07. The lowest BCUT2D eigenvalue weighted by Crippen LogP contribution is -2.30. The highest BCUT2D eigenvalue weighted by atomic mass is 15.4. The number of piperidine rings is 1. The van der Waals surface area contributed by atoms with Gasteiger partial charge in [0.1, 0.15) is 0 Å². The molecule has 0 saturated carbocycles. The Labute approximate surface area is 128 Å². The molecule has 0 unspecified atom stereocenters. The first-order valence-electron chi connectivity index (χ1n) is 7.60. The molecule has 4 rings (SSSR count). The molecule has 0 N–H and O–H groups in total. The van der Waals surface area contributed by atoms with E-state index in [9.17, 15) is 0 Å². The third-order valence-corrected chi connectivity index (χ3v) is 4.37. The largest absolute Gasteiger partial charge is 0.306 e. The van der Waals surface area contributed by atoms with Gasteiger partial charge in [0.15, 0.2) is 11.5 Å². The summed E-state index contributed by atoms with van der Waals surface area (Å²) in [4.78, 5) is 2.36. The third-order valence-electron chi connectivity index (χ3n) is 4.37. The van der Waals surface area contributed by atoms with Crippen molar-refractivity contribution in [3.63, 3.8) is 0 Å². The van der Waals surface area contributed by atoms with Crippen LogP contribution in [0.3, 0.4) is 0 Å². The van der Waals surface area contributed by atoms with Crippen LogP contribution in [0.4, 0.5) is 0 Å². The highest BCUT2D eigenvalue weighted by Crippen LogP contribution is 2.26. The van der Waals surface area contributed by atoms with E-state index in [0.717, 1.165) is 48.7 Å². The quantitative estimate of drug-likeness (QED) is 0.714. The molecule has 22 heavy (non-hydrogen) atoms. The second kappa shape index (κ2) is 5.17. The lowest BCUT2D eigenvalue weighted by molar-refractivity contribution is 0.250. The van der Waals surface area contributed by atoms with Crippen LogP contribution in [0, 0.1) is 0 Å². The summed E-state index contributed by atoms with van der Waals surface area (Å²) in [5.74, 6) is 1.41. The molecular weight excluding hydrogens is 278 g/mol. The van der Waals surface area contributed by atoms with Gasteiger partial charge in [-0.25, -0.2) is 0 Å². The van der Waals surface area contributed by atoms with Crippen LogP contribution in [0.1, 0.15) is 24.6 Å². The number of hydrogen-bond acceptors (Lipinski definition) is 5. The molecule has 0 spiro atoms. The highest BCUT2D eigenvalue weighted by molar-refractivity contribution is 5.58. The number of nitrogens with zero attached hydrogens (tertiary/aromatic N) is 7. The zero-order valence-corrected chi connectivity index (χ0v) is 12.8. The Kier molecular flexibility index (Phi) is 3.15. The molecule has 1 aliphatic heterocycles. The molecular formula is C15H19N7. The SMILES string of the molecule is CN1CCC(c2nnc3ccc(-c4cnn(C)c4)nn23)CC1. The standard InChI is InChI=1S/C15H19N7/c1-20-7-5-11(6-8-20)15-18-17-14-4-3-13(19-22(14)15)12-9-16-21(2)10-12/h3-4,9-11H,5-8H2,1-2H3. The van der Waals surface area contributed by atoms with Crippen molar-refractivity contribution in [3.05, 3.63) is 30.4 Å². The fraction of sp³-hybridized carbons (Fsp3) is 0.467. The minimum Gasteiger partial charge on any atom is -0.306 e. The molecule has 114 valence electrons. The van der Waals surface area contributed by atoms with E-state index in [0.29, 0.717) is 5.92 Å². The van der Waals surface area contributed by atoms with E-state index < -0.39 is 0 Å². The van der Waals surface area contributed by atoms with Gasteiger partial charge < -0.3 is 4.90 Å². The molecule has 0 amide bonds. The predicted octanol–water partition coefficient (Wildman–Crippen LogP) is 1.33. The number of aryl methyl sites for hydroxylation is 1. The maximum Gasteiger partial charge on any atom is 0.177 e. The zero-order chi connectivity index (χ0) is 15.1. The molecule has 0 bridgehead atoms. The van der Waals surface area contributed by atoms with E-state index in [2.05, 4.69) is 27.2 Å². The molecule has 1 saturated heterocycles. The molecule has 0 atom stereocenters. The molecule has 3 aromatic rings. The Morgan fingerprint density at radius 2 is 1.91 bits per heavy atom. The highest BCUT2D eigenvalue weighted by Gasteiger charge is 2.23. The summed E-state index contributed by atoms with van der Waals surface area (Å²) in [6.07, 6.45) is 6.01. The summed E-state index contributed by atoms with van der Waals surface area (Å²) >= 11 is 0. The van der Waals surface area contributed by atoms with Crippen LogP contribution in [0.5, 0.6) is 0 Å². The summed E-state index contributed by atoms with van der Waals surface area (Å²) in [6.45, 7) is 2.20. The smallest absolute Gasteiger partial charge is 0.177 e. The van der Waals surface area contributed by atoms with Crippen molar-refractivity contribution in [2.45, 2.75) is 18.8 Å². The Morgan fingerprint density at radius 3 is 2.64 bits per heavy atom. The Hall–Kier alpha value is -2.28. The number of hydrogen-bond donors (Lipinski definition) is 0. The summed E-state index contributed by atoms with van der Waals surface area (Å²) in [6, 6.07) is 3.94. The van der Waals surface area contributed by atoms with Gasteiger partial charge in [0.2, 0.25) is 0 Å². The monoisotopic (exact) mass is 297 g/mol. The predicted molar refractivity (Wildman–Crippen MR) is 82.5 cm³/mol. The van der Waals surface area contributed by atoms with E-state index in [1.807, 2.05) is 36.1 Å². The fourth-order valence-electron chi connectivity index (χ4n) is 3.03. The van der Waals surface area contributed by atoms with Gasteiger partial charge in [0, 0.05) is 24.7 Å². The average Bonchev–Trinajstić information content (AvgIpc) is 3.14. The molecule has 0 radical (unpaired) electrons. The Morgan fingerprint density at radius 1 is 1.09 bits per heavy atom. The second-order valence-corrected chi connectivity index (χ2v) is 6.03. The number of rotatable bonds is 2. The first-order chi connectivity index (χ1) is 10.7. The van der Waals surface area contributed by atoms with Crippen LogP contribution in [-0.4, -0.2) is 54.6 Å². The van der Waals surface area contributed by atoms with E-state index >= 15 is 0 Å². The van der Waals surface area contributed by atoms with E-state index in [4.69, 9.17) is 5.10 Å². The van der Waals surface area contributed by atoms with E-state index in [1.54, 1.807) is 4.68 Å². The maximum atomic E-state index is 4.74. The van der Waals surface area contributed by atoms with Gasteiger partial charge in [-0.05, 0) is 45.1 Å². The average molecular weight is 297 g/mol. The number of fused-ring (bicyclic) bond motifs is 1. The van der Waals surface area contributed by atoms with Gasteiger partial charge in [-0.1, -0.05) is 0 Å². The van der Waals surface area contributed by atoms with Crippen LogP contribution in [0.2, 0.25) is 0 Å². The van der Waals surface area contributed by atoms with Crippen LogP contribution >= 0.6 is 0 Å². The molecule has 7 nitrogen and oxygen atoms in total. The minimum atomic E-state index is 0.433. The first kappa shape index (κ1) is 13.4. The second-order valence-electron chi connectivity index (χ2n) is 6.03. The van der Waals surface area contributed by atoms with E-state index in [1.165, 1.54) is 0 Å². The molecule has 1 aliphatic rings. The van der Waals surface area contributed by atoms with Crippen molar-refractivity contribution < 1.29 is 0 Å². The molecule has 1 fully saturated rings. The van der Waals surface area contributed by atoms with Crippen LogP contribution in [0.15, 0.2) is 24.5 Å². The van der Waals surface area contributed by atoms with Gasteiger partial charge in [0.25, 0.3) is 0 Å². The molecule has 0 aromatic carbocycles. The van der Waals surface area contributed by atoms with E-state index in [-0.39, 0.29) is 0 Å². The lowest BCUT2D eigenvalue weighted by atomic mass is 9.96. The van der Waals surface area contributed by atoms with Crippen LogP contribution in [-0.2, 0) is 7.05 Å². The molecule has 3 aromatic heterocycles. The van der Waals surface area contributed by atoms with Gasteiger partial charge >= 0.3 is 0 Å². The van der Waals surface area contributed by atoms with Crippen molar-refractivity contribution >= 4 is 5.65 Å². The fourth-order valence-corrected chi connectivity index (χ4v) is 3.03. The summed E-state index contributed by atoms with van der Waals surface area (Å²) < 4.78 is 3.68. The molecule has 0 aliphatic carbocycles. The summed E-state index contributed by atoms with van der Waals surface area (Å²) in [5.41, 5.74) is 2.71. The number of likely N-dealkylation sites (tertiary alicyclic amines) is 1. The van der Waals surface area contributed by atoms with Crippen molar-refractivity contribution in [2.75, 3.05) is 20.1 Å². The third kappa shape index (κ3) is 2.27. The molecule has 4 heterocycles. The Balaban J connectivity index is 1.73. The Bertz CT molecular complexity index is 795. The van der Waals surface area contributed by atoms with Gasteiger partial charge in [-0.2, -0.15) is 14.7 Å². The number of aromatic nitrogens is 6. The minimum absolute atomic E-state index is 0.433. The van der Waals surface area contributed by atoms with Gasteiger partial charge in [-0.3, -0.25) is 4.68 Å². The van der Waals surface area contributed by atoms with Crippen LogP contribution < -0.4 is 0 Å². The van der Waals surface area contributed by atoms with Crippen molar-refractivity contribution in [3.8, 4) is 11.3 Å². The van der Waals surface area contributed by atoms with Crippen LogP contribution in [0.25, 0.3) is 16.9 Å². The maximum absolute atomic E-state index is 4.74. The zero-order valence-electron chi connectivity index (χ0n) is 12.8. The van der Waals surface area contributed by atoms with Crippen molar-refractivity contribution in [1.29, 1.82) is 0 Å². The van der Waals surface area contributed by atoms with Crippen molar-refractivity contribution in [2.24, 2.45) is 7.05 Å². The van der Waals surface area contributed by atoms with Gasteiger partial charge in [-0.15, -0.1) is 10.2 Å². The first-order valence-corrected chi connectivity index (χ1v) is 7.60. The lowest BCUT2D eigenvalue weighted by Gasteiger charge is -2.27. The molecule has 7 heteroatoms. The van der Waals surface area contributed by atoms with Crippen molar-refractivity contribution in [1.82, 2.24) is 34.5 Å². The normalized spacial score (nSPS) is 17.4. The topological polar surface area (TPSA) is 64.1 Å².